The molecule has 6 nitrogen and oxygen atoms in total. The fourth-order valence-corrected chi connectivity index (χ4v) is 5.11. The van der Waals surface area contributed by atoms with Crippen molar-refractivity contribution in [3.8, 4) is 34.0 Å². The summed E-state index contributed by atoms with van der Waals surface area (Å²) in [4.78, 5) is 17.4. The van der Waals surface area contributed by atoms with E-state index in [0.29, 0.717) is 30.6 Å². The van der Waals surface area contributed by atoms with E-state index in [1.165, 1.54) is 17.0 Å². The summed E-state index contributed by atoms with van der Waals surface area (Å²) in [7, 11) is 0. The second-order valence-electron chi connectivity index (χ2n) is 10.8. The van der Waals surface area contributed by atoms with Crippen molar-refractivity contribution < 1.29 is 27.6 Å². The number of carbonyl (C=O) groups is 1. The van der Waals surface area contributed by atoms with Gasteiger partial charge in [0.05, 0.1) is 5.56 Å². The average Bonchev–Trinajstić information content (AvgIpc) is 3.29. The Labute approximate surface area is 224 Å². The van der Waals surface area contributed by atoms with E-state index < -0.39 is 17.8 Å². The molecule has 39 heavy (non-hydrogen) atoms. The molecule has 1 aromatic heterocycles. The van der Waals surface area contributed by atoms with Crippen LogP contribution in [0, 0.1) is 5.41 Å². The van der Waals surface area contributed by atoms with E-state index >= 15 is 0 Å². The van der Waals surface area contributed by atoms with Gasteiger partial charge in [0.2, 0.25) is 5.82 Å². The molecule has 0 aliphatic carbocycles. The standard InChI is InChI=1S/C30H28F3N3O3/c1-29(2,3)25-17-36(28(37)38)14-13-19-15-20(9-11-23(19)25)26-34-27(39-35-26)21-10-12-22(18-7-5-4-6-8-18)24(16-21)30(31,32)33/h4-12,15-16,25H,13-14,17H2,1-3H3,(H,37,38)/p-1. The Balaban J connectivity index is 1.50. The summed E-state index contributed by atoms with van der Waals surface area (Å²) in [5.41, 5.74) is 2.34. The molecule has 0 saturated heterocycles. The van der Waals surface area contributed by atoms with E-state index in [9.17, 15) is 23.1 Å². The number of fused-ring (bicyclic) bond motifs is 1. The highest BCUT2D eigenvalue weighted by atomic mass is 19.4. The van der Waals surface area contributed by atoms with Crippen LogP contribution in [-0.2, 0) is 12.6 Å². The van der Waals surface area contributed by atoms with Crippen molar-refractivity contribution in [2.24, 2.45) is 5.41 Å². The van der Waals surface area contributed by atoms with Gasteiger partial charge in [-0.25, -0.2) is 0 Å². The van der Waals surface area contributed by atoms with Crippen LogP contribution >= 0.6 is 0 Å². The smallest absolute Gasteiger partial charge is 0.417 e. The van der Waals surface area contributed by atoms with Gasteiger partial charge < -0.3 is 19.3 Å². The van der Waals surface area contributed by atoms with Crippen LogP contribution in [0.2, 0.25) is 0 Å². The number of hydrogen-bond acceptors (Lipinski definition) is 5. The first-order chi connectivity index (χ1) is 18.4. The SMILES string of the molecule is CC(C)(C)C1CN(C(=O)[O-])CCc2cc(-c3noc(-c4ccc(-c5ccccc5)c(C(F)(F)F)c4)n3)ccc21. The van der Waals surface area contributed by atoms with E-state index in [-0.39, 0.29) is 34.2 Å². The van der Waals surface area contributed by atoms with Gasteiger partial charge >= 0.3 is 6.18 Å². The third-order valence-corrected chi connectivity index (χ3v) is 7.22. The number of aromatic nitrogens is 2. The van der Waals surface area contributed by atoms with Gasteiger partial charge in [0.1, 0.15) is 6.09 Å². The Kier molecular flexibility index (Phi) is 6.70. The minimum Gasteiger partial charge on any atom is -0.530 e. The van der Waals surface area contributed by atoms with Gasteiger partial charge in [0.15, 0.2) is 0 Å². The third kappa shape index (κ3) is 5.39. The Hall–Kier alpha value is -4.14. The number of alkyl halides is 3. The summed E-state index contributed by atoms with van der Waals surface area (Å²) in [5, 5.41) is 15.7. The molecule has 1 atom stereocenters. The molecule has 0 radical (unpaired) electrons. The zero-order valence-corrected chi connectivity index (χ0v) is 21.7. The number of carboxylic acid groups (broad SMARTS) is 1. The minimum atomic E-state index is -4.58. The lowest BCUT2D eigenvalue weighted by Crippen LogP contribution is -2.44. The summed E-state index contributed by atoms with van der Waals surface area (Å²) in [6.07, 6.45) is -5.29. The van der Waals surface area contributed by atoms with Crippen LogP contribution in [0.3, 0.4) is 0 Å². The largest absolute Gasteiger partial charge is 0.530 e. The first-order valence-electron chi connectivity index (χ1n) is 12.6. The second-order valence-corrected chi connectivity index (χ2v) is 10.8. The van der Waals surface area contributed by atoms with Crippen LogP contribution in [0.25, 0.3) is 34.0 Å². The van der Waals surface area contributed by atoms with Crippen LogP contribution < -0.4 is 5.11 Å². The molecule has 4 aromatic rings. The van der Waals surface area contributed by atoms with Gasteiger partial charge in [-0.3, -0.25) is 0 Å². The second kappa shape index (κ2) is 9.87. The summed E-state index contributed by atoms with van der Waals surface area (Å²) in [6, 6.07) is 18.0. The van der Waals surface area contributed by atoms with Crippen molar-refractivity contribution in [2.45, 2.75) is 39.3 Å². The number of benzene rings is 3. The quantitative estimate of drug-likeness (QED) is 0.303. The highest BCUT2D eigenvalue weighted by molar-refractivity contribution is 5.72. The minimum absolute atomic E-state index is 0.0271. The van der Waals surface area contributed by atoms with Crippen LogP contribution in [0.1, 0.15) is 43.4 Å². The van der Waals surface area contributed by atoms with Gasteiger partial charge in [-0.05, 0) is 52.3 Å². The molecule has 202 valence electrons. The third-order valence-electron chi connectivity index (χ3n) is 7.22. The summed E-state index contributed by atoms with van der Waals surface area (Å²) in [5.74, 6) is 0.161. The Morgan fingerprint density at radius 1 is 0.974 bits per heavy atom. The highest BCUT2D eigenvalue weighted by Gasteiger charge is 2.35. The molecule has 1 aliphatic heterocycles. The maximum absolute atomic E-state index is 14.0. The number of amides is 1. The number of halogens is 3. The van der Waals surface area contributed by atoms with Crippen molar-refractivity contribution in [1.29, 1.82) is 0 Å². The molecule has 1 unspecified atom stereocenters. The molecule has 0 spiro atoms. The average molecular weight is 535 g/mol. The number of nitrogens with zero attached hydrogens (tertiary/aromatic N) is 3. The lowest BCUT2D eigenvalue weighted by atomic mass is 9.75. The van der Waals surface area contributed by atoms with Gasteiger partial charge in [-0.15, -0.1) is 0 Å². The van der Waals surface area contributed by atoms with E-state index in [4.69, 9.17) is 4.52 Å². The maximum atomic E-state index is 14.0. The first-order valence-corrected chi connectivity index (χ1v) is 12.6. The zero-order valence-electron chi connectivity index (χ0n) is 21.7. The van der Waals surface area contributed by atoms with Crippen LogP contribution in [0.15, 0.2) is 71.3 Å². The molecule has 1 aliphatic rings. The Morgan fingerprint density at radius 2 is 1.69 bits per heavy atom. The lowest BCUT2D eigenvalue weighted by molar-refractivity contribution is -0.265. The van der Waals surface area contributed by atoms with Crippen LogP contribution in [0.5, 0.6) is 0 Å². The van der Waals surface area contributed by atoms with Crippen molar-refractivity contribution >= 4 is 6.09 Å². The predicted octanol–water partition coefficient (Wildman–Crippen LogP) is 6.42. The van der Waals surface area contributed by atoms with E-state index in [1.807, 2.05) is 18.2 Å². The number of carbonyl (C=O) groups excluding carboxylic acids is 1. The maximum Gasteiger partial charge on any atom is 0.417 e. The molecule has 0 bridgehead atoms. The fourth-order valence-electron chi connectivity index (χ4n) is 5.11. The molecule has 9 heteroatoms. The molecular weight excluding hydrogens is 507 g/mol. The predicted molar refractivity (Wildman–Crippen MR) is 138 cm³/mol. The normalized spacial score (nSPS) is 16.1. The Morgan fingerprint density at radius 3 is 2.36 bits per heavy atom. The van der Waals surface area contributed by atoms with Crippen molar-refractivity contribution in [2.75, 3.05) is 13.1 Å². The summed E-state index contributed by atoms with van der Waals surface area (Å²) < 4.78 is 47.3. The zero-order chi connectivity index (χ0) is 27.9. The van der Waals surface area contributed by atoms with Gasteiger partial charge in [-0.2, -0.15) is 18.2 Å². The van der Waals surface area contributed by atoms with Crippen molar-refractivity contribution in [3.63, 3.8) is 0 Å². The van der Waals surface area contributed by atoms with E-state index in [0.717, 1.165) is 17.2 Å². The number of rotatable bonds is 3. The topological polar surface area (TPSA) is 82.3 Å². The molecule has 2 heterocycles. The molecular formula is C30H27F3N3O3-. The molecule has 0 saturated carbocycles. The van der Waals surface area contributed by atoms with Crippen molar-refractivity contribution in [1.82, 2.24) is 15.0 Å². The van der Waals surface area contributed by atoms with E-state index in [1.54, 1.807) is 30.3 Å². The molecule has 0 N–H and O–H groups in total. The fraction of sp³-hybridized carbons (Fsp3) is 0.300. The van der Waals surface area contributed by atoms with Gasteiger partial charge in [-0.1, -0.05) is 74.5 Å². The first kappa shape index (κ1) is 26.5. The van der Waals surface area contributed by atoms with Gasteiger partial charge in [0.25, 0.3) is 5.89 Å². The van der Waals surface area contributed by atoms with Crippen LogP contribution in [0.4, 0.5) is 18.0 Å². The van der Waals surface area contributed by atoms with Gasteiger partial charge in [0, 0.05) is 30.1 Å². The number of hydrogen-bond donors (Lipinski definition) is 0. The van der Waals surface area contributed by atoms with Crippen molar-refractivity contribution in [3.05, 3.63) is 83.4 Å². The summed E-state index contributed by atoms with van der Waals surface area (Å²) >= 11 is 0. The molecule has 1 amide bonds. The van der Waals surface area contributed by atoms with Crippen LogP contribution in [-0.4, -0.2) is 34.2 Å². The lowest BCUT2D eigenvalue weighted by Gasteiger charge is -2.35. The molecule has 0 fully saturated rings. The molecule has 3 aromatic carbocycles. The Bertz CT molecular complexity index is 1510. The molecule has 5 rings (SSSR count). The highest BCUT2D eigenvalue weighted by Crippen LogP contribution is 2.41. The van der Waals surface area contributed by atoms with E-state index in [2.05, 4.69) is 30.9 Å². The summed E-state index contributed by atoms with van der Waals surface area (Å²) in [6.45, 7) is 6.84. The monoisotopic (exact) mass is 534 g/mol.